The molecule has 10 heteroatoms. The van der Waals surface area contributed by atoms with Crippen LogP contribution in [0.1, 0.15) is 10.4 Å². The van der Waals surface area contributed by atoms with Gasteiger partial charge in [0, 0.05) is 16.7 Å². The Morgan fingerprint density at radius 1 is 1.00 bits per heavy atom. The fraction of sp³-hybridized carbons (Fsp3) is 0. The topological polar surface area (TPSA) is 116 Å². The van der Waals surface area contributed by atoms with Gasteiger partial charge in [-0.3, -0.25) is 10.1 Å². The van der Waals surface area contributed by atoms with E-state index in [-0.39, 0.29) is 38.5 Å². The molecule has 7 nitrogen and oxygen atoms in total. The van der Waals surface area contributed by atoms with Crippen molar-refractivity contribution in [3.8, 4) is 27.8 Å². The summed E-state index contributed by atoms with van der Waals surface area (Å²) in [6, 6.07) is 6.35. The lowest BCUT2D eigenvalue weighted by Crippen LogP contribution is -2.11. The summed E-state index contributed by atoms with van der Waals surface area (Å²) in [5.41, 5.74) is 0.327. The molecule has 0 aliphatic carbocycles. The van der Waals surface area contributed by atoms with Gasteiger partial charge < -0.3 is 15.3 Å². The Bertz CT molecular complexity index is 957. The molecule has 0 atom stereocenters. The molecule has 0 spiro atoms. The minimum Gasteiger partial charge on any atom is -0.508 e. The van der Waals surface area contributed by atoms with Crippen LogP contribution in [0.4, 0.5) is 5.13 Å². The lowest BCUT2D eigenvalue weighted by Gasteiger charge is -2.04. The van der Waals surface area contributed by atoms with Crippen LogP contribution in [0.3, 0.4) is 0 Å². The zero-order chi connectivity index (χ0) is 18.1. The fourth-order valence-corrected chi connectivity index (χ4v) is 3.26. The molecule has 0 saturated carbocycles. The summed E-state index contributed by atoms with van der Waals surface area (Å²) in [4.78, 5) is 12.2. The van der Waals surface area contributed by atoms with E-state index in [9.17, 15) is 20.1 Å². The molecule has 1 amide bonds. The molecule has 1 heterocycles. The van der Waals surface area contributed by atoms with Crippen LogP contribution in [-0.2, 0) is 0 Å². The standard InChI is InChI=1S/C15H9Cl2N3O4S/c16-7-3-10(12(23)11(17)4-7)14-19-20-15(25-14)18-13(24)6-1-8(21)5-9(22)2-6/h1-5,21-23H,(H,18,20,24). The van der Waals surface area contributed by atoms with E-state index in [1.807, 2.05) is 0 Å². The number of hydrogen-bond donors (Lipinski definition) is 4. The molecule has 25 heavy (non-hydrogen) atoms. The Morgan fingerprint density at radius 3 is 2.36 bits per heavy atom. The number of anilines is 1. The maximum absolute atomic E-state index is 12.2. The molecule has 2 aromatic carbocycles. The van der Waals surface area contributed by atoms with Crippen molar-refractivity contribution in [2.24, 2.45) is 0 Å². The van der Waals surface area contributed by atoms with Crippen molar-refractivity contribution in [3.05, 3.63) is 45.9 Å². The number of aromatic hydroxyl groups is 3. The first kappa shape index (κ1) is 17.3. The maximum atomic E-state index is 12.2. The average Bonchev–Trinajstić information content (AvgIpc) is 2.98. The smallest absolute Gasteiger partial charge is 0.257 e. The average molecular weight is 398 g/mol. The van der Waals surface area contributed by atoms with Crippen LogP contribution in [0, 0.1) is 0 Å². The van der Waals surface area contributed by atoms with Gasteiger partial charge in [-0.05, 0) is 24.3 Å². The number of hydrogen-bond acceptors (Lipinski definition) is 7. The number of nitrogens with zero attached hydrogens (tertiary/aromatic N) is 2. The van der Waals surface area contributed by atoms with Crippen LogP contribution in [0.25, 0.3) is 10.6 Å². The lowest BCUT2D eigenvalue weighted by molar-refractivity contribution is 0.102. The van der Waals surface area contributed by atoms with Crippen molar-refractivity contribution < 1.29 is 20.1 Å². The third-order valence-corrected chi connectivity index (χ3v) is 4.45. The summed E-state index contributed by atoms with van der Waals surface area (Å²) in [6.07, 6.45) is 0. The predicted molar refractivity (Wildman–Crippen MR) is 94.8 cm³/mol. The second-order valence-corrected chi connectivity index (χ2v) is 6.71. The fourth-order valence-electron chi connectivity index (χ4n) is 2.01. The molecule has 128 valence electrons. The molecular weight excluding hydrogens is 389 g/mol. The van der Waals surface area contributed by atoms with Crippen molar-refractivity contribution in [1.29, 1.82) is 0 Å². The Morgan fingerprint density at radius 2 is 1.68 bits per heavy atom. The van der Waals surface area contributed by atoms with E-state index in [1.165, 1.54) is 24.3 Å². The van der Waals surface area contributed by atoms with Gasteiger partial charge >= 0.3 is 0 Å². The molecule has 0 saturated heterocycles. The molecule has 0 fully saturated rings. The number of carbonyl (C=O) groups excluding carboxylic acids is 1. The molecule has 3 rings (SSSR count). The number of nitrogens with one attached hydrogen (secondary N) is 1. The Balaban J connectivity index is 1.86. The molecular formula is C15H9Cl2N3O4S. The summed E-state index contributed by atoms with van der Waals surface area (Å²) in [7, 11) is 0. The zero-order valence-electron chi connectivity index (χ0n) is 12.2. The van der Waals surface area contributed by atoms with Gasteiger partial charge in [0.25, 0.3) is 5.91 Å². The molecule has 4 N–H and O–H groups in total. The third kappa shape index (κ3) is 3.76. The van der Waals surface area contributed by atoms with Gasteiger partial charge in [-0.15, -0.1) is 10.2 Å². The van der Waals surface area contributed by atoms with E-state index < -0.39 is 5.91 Å². The van der Waals surface area contributed by atoms with Crippen molar-refractivity contribution in [2.45, 2.75) is 0 Å². The summed E-state index contributed by atoms with van der Waals surface area (Å²) in [5, 5.41) is 39.9. The molecule has 1 aromatic heterocycles. The number of aromatic nitrogens is 2. The highest BCUT2D eigenvalue weighted by atomic mass is 35.5. The van der Waals surface area contributed by atoms with Gasteiger partial charge in [0.2, 0.25) is 5.13 Å². The second-order valence-electron chi connectivity index (χ2n) is 4.89. The highest BCUT2D eigenvalue weighted by Crippen LogP contribution is 2.39. The van der Waals surface area contributed by atoms with Crippen molar-refractivity contribution in [2.75, 3.05) is 5.32 Å². The third-order valence-electron chi connectivity index (χ3n) is 3.07. The number of phenolic OH excluding ortho intramolecular Hbond substituents is 3. The van der Waals surface area contributed by atoms with Gasteiger partial charge in [0.05, 0.1) is 10.6 Å². The Hall–Kier alpha value is -2.55. The van der Waals surface area contributed by atoms with Crippen molar-refractivity contribution in [3.63, 3.8) is 0 Å². The molecule has 0 aliphatic rings. The Kier molecular flexibility index (Phi) is 4.67. The normalized spacial score (nSPS) is 10.6. The van der Waals surface area contributed by atoms with Gasteiger partial charge in [-0.2, -0.15) is 0 Å². The van der Waals surface area contributed by atoms with Crippen LogP contribution in [-0.4, -0.2) is 31.4 Å². The first-order valence-electron chi connectivity index (χ1n) is 6.70. The molecule has 0 radical (unpaired) electrons. The van der Waals surface area contributed by atoms with E-state index >= 15 is 0 Å². The van der Waals surface area contributed by atoms with Gasteiger partial charge in [-0.1, -0.05) is 34.5 Å². The Labute approximate surface area is 155 Å². The molecule has 0 bridgehead atoms. The van der Waals surface area contributed by atoms with Gasteiger partial charge in [-0.25, -0.2) is 0 Å². The summed E-state index contributed by atoms with van der Waals surface area (Å²) >= 11 is 12.8. The summed E-state index contributed by atoms with van der Waals surface area (Å²) in [6.45, 7) is 0. The molecule has 0 unspecified atom stereocenters. The number of carbonyl (C=O) groups is 1. The first-order valence-corrected chi connectivity index (χ1v) is 8.27. The second kappa shape index (κ2) is 6.75. The highest BCUT2D eigenvalue weighted by Gasteiger charge is 2.17. The minimum atomic E-state index is -0.595. The van der Waals surface area contributed by atoms with Gasteiger partial charge in [0.1, 0.15) is 17.2 Å². The minimum absolute atomic E-state index is 0.0443. The lowest BCUT2D eigenvalue weighted by atomic mass is 10.2. The highest BCUT2D eigenvalue weighted by molar-refractivity contribution is 7.18. The number of benzene rings is 2. The largest absolute Gasteiger partial charge is 0.508 e. The number of rotatable bonds is 3. The number of halogens is 2. The quantitative estimate of drug-likeness (QED) is 0.532. The molecule has 3 aromatic rings. The van der Waals surface area contributed by atoms with E-state index in [2.05, 4.69) is 15.5 Å². The number of phenols is 3. The van der Waals surface area contributed by atoms with Crippen LogP contribution in [0.15, 0.2) is 30.3 Å². The van der Waals surface area contributed by atoms with E-state index in [1.54, 1.807) is 0 Å². The number of amides is 1. The van der Waals surface area contributed by atoms with Crippen molar-refractivity contribution >= 4 is 45.6 Å². The van der Waals surface area contributed by atoms with Crippen LogP contribution in [0.5, 0.6) is 17.2 Å². The van der Waals surface area contributed by atoms with E-state index in [4.69, 9.17) is 23.2 Å². The van der Waals surface area contributed by atoms with E-state index in [0.29, 0.717) is 10.0 Å². The van der Waals surface area contributed by atoms with Crippen molar-refractivity contribution in [1.82, 2.24) is 10.2 Å². The van der Waals surface area contributed by atoms with Gasteiger partial charge in [0.15, 0.2) is 5.01 Å². The predicted octanol–water partition coefficient (Wildman–Crippen LogP) is 3.88. The van der Waals surface area contributed by atoms with Crippen LogP contribution < -0.4 is 5.32 Å². The summed E-state index contributed by atoms with van der Waals surface area (Å²) < 4.78 is 0. The van der Waals surface area contributed by atoms with Crippen LogP contribution in [0.2, 0.25) is 10.0 Å². The summed E-state index contributed by atoms with van der Waals surface area (Å²) in [5.74, 6) is -1.29. The van der Waals surface area contributed by atoms with E-state index in [0.717, 1.165) is 17.4 Å². The maximum Gasteiger partial charge on any atom is 0.257 e. The molecule has 0 aliphatic heterocycles. The monoisotopic (exact) mass is 397 g/mol. The van der Waals surface area contributed by atoms with Crippen LogP contribution >= 0.6 is 34.5 Å². The first-order chi connectivity index (χ1) is 11.8. The SMILES string of the molecule is O=C(Nc1nnc(-c2cc(Cl)cc(Cl)c2O)s1)c1cc(O)cc(O)c1. The zero-order valence-corrected chi connectivity index (χ0v) is 14.5.